The summed E-state index contributed by atoms with van der Waals surface area (Å²) in [7, 11) is 0. The number of hydrogen-bond acceptors (Lipinski definition) is 6. The number of ether oxygens (including phenoxy) is 1. The molecule has 9 heteroatoms. The highest BCUT2D eigenvalue weighted by molar-refractivity contribution is 9.10. The molecule has 1 N–H and O–H groups in total. The first-order valence-electron chi connectivity index (χ1n) is 8.68. The first-order chi connectivity index (χ1) is 13.4. The van der Waals surface area contributed by atoms with E-state index in [1.54, 1.807) is 6.21 Å². The maximum absolute atomic E-state index is 11.8. The molecule has 148 valence electrons. The van der Waals surface area contributed by atoms with Crippen molar-refractivity contribution >= 4 is 39.4 Å². The molecule has 1 amide bonds. The molecule has 0 saturated carbocycles. The van der Waals surface area contributed by atoms with Crippen molar-refractivity contribution in [3.05, 3.63) is 62.6 Å². The molecular weight excluding hydrogens is 428 g/mol. The van der Waals surface area contributed by atoms with Crippen LogP contribution in [0.15, 0.2) is 52.0 Å². The number of carbonyl (C=O) groups excluding carboxylic acids is 1. The van der Waals surface area contributed by atoms with E-state index in [1.807, 2.05) is 24.3 Å². The van der Waals surface area contributed by atoms with Crippen LogP contribution < -0.4 is 15.1 Å². The molecule has 0 aliphatic heterocycles. The number of amides is 1. The Labute approximate surface area is 171 Å². The van der Waals surface area contributed by atoms with E-state index in [0.29, 0.717) is 10.2 Å². The Morgan fingerprint density at radius 2 is 1.93 bits per heavy atom. The van der Waals surface area contributed by atoms with Crippen molar-refractivity contribution < 1.29 is 14.5 Å². The molecule has 0 atom stereocenters. The van der Waals surface area contributed by atoms with Crippen LogP contribution in [-0.2, 0) is 4.79 Å². The minimum atomic E-state index is -0.509. The number of anilines is 1. The Kier molecular flexibility index (Phi) is 7.94. The molecule has 2 aromatic rings. The molecule has 0 fully saturated rings. The molecule has 0 unspecified atom stereocenters. The highest BCUT2D eigenvalue weighted by Crippen LogP contribution is 2.28. The van der Waals surface area contributed by atoms with Crippen molar-refractivity contribution in [2.75, 3.05) is 24.6 Å². The SMILES string of the molecule is CCN(CC)c1ccc(/C=N\NC(=O)COc2ccc([N+](=O)[O-])cc2Br)cc1. The zero-order chi connectivity index (χ0) is 20.5. The van der Waals surface area contributed by atoms with E-state index in [0.717, 1.165) is 24.3 Å². The Morgan fingerprint density at radius 1 is 1.25 bits per heavy atom. The van der Waals surface area contributed by atoms with E-state index in [1.165, 1.54) is 18.2 Å². The van der Waals surface area contributed by atoms with Crippen molar-refractivity contribution in [2.24, 2.45) is 5.10 Å². The average molecular weight is 449 g/mol. The minimum Gasteiger partial charge on any atom is -0.483 e. The van der Waals surface area contributed by atoms with Crippen LogP contribution in [0.25, 0.3) is 0 Å². The van der Waals surface area contributed by atoms with Crippen LogP contribution in [0.3, 0.4) is 0 Å². The van der Waals surface area contributed by atoms with Gasteiger partial charge in [0.25, 0.3) is 11.6 Å². The lowest BCUT2D eigenvalue weighted by molar-refractivity contribution is -0.384. The largest absolute Gasteiger partial charge is 0.483 e. The Hall–Kier alpha value is -2.94. The third-order valence-electron chi connectivity index (χ3n) is 3.91. The monoisotopic (exact) mass is 448 g/mol. The summed E-state index contributed by atoms with van der Waals surface area (Å²) in [5.41, 5.74) is 4.30. The van der Waals surface area contributed by atoms with Gasteiger partial charge in [-0.3, -0.25) is 14.9 Å². The second kappa shape index (κ2) is 10.4. The summed E-state index contributed by atoms with van der Waals surface area (Å²) in [5, 5.41) is 14.6. The van der Waals surface area contributed by atoms with Gasteiger partial charge in [0.1, 0.15) is 5.75 Å². The van der Waals surface area contributed by atoms with Gasteiger partial charge in [0.2, 0.25) is 0 Å². The second-order valence-electron chi connectivity index (χ2n) is 5.72. The number of carbonyl (C=O) groups is 1. The van der Waals surface area contributed by atoms with E-state index < -0.39 is 10.8 Å². The normalized spacial score (nSPS) is 10.7. The molecule has 0 saturated heterocycles. The molecule has 0 spiro atoms. The number of benzene rings is 2. The van der Waals surface area contributed by atoms with Crippen LogP contribution in [0.1, 0.15) is 19.4 Å². The fraction of sp³-hybridized carbons (Fsp3) is 0.263. The van der Waals surface area contributed by atoms with Crippen LogP contribution in [0.4, 0.5) is 11.4 Å². The van der Waals surface area contributed by atoms with Gasteiger partial charge in [-0.05, 0) is 53.5 Å². The van der Waals surface area contributed by atoms with E-state index in [-0.39, 0.29) is 12.3 Å². The van der Waals surface area contributed by atoms with E-state index in [4.69, 9.17) is 4.74 Å². The van der Waals surface area contributed by atoms with Crippen molar-refractivity contribution in [1.29, 1.82) is 0 Å². The highest BCUT2D eigenvalue weighted by Gasteiger charge is 2.11. The van der Waals surface area contributed by atoms with Gasteiger partial charge in [0, 0.05) is 30.9 Å². The van der Waals surface area contributed by atoms with Gasteiger partial charge < -0.3 is 9.64 Å². The zero-order valence-electron chi connectivity index (χ0n) is 15.6. The summed E-state index contributed by atoms with van der Waals surface area (Å²) in [6.07, 6.45) is 1.55. The van der Waals surface area contributed by atoms with Crippen molar-refractivity contribution in [1.82, 2.24) is 5.43 Å². The molecule has 0 radical (unpaired) electrons. The Morgan fingerprint density at radius 3 is 2.50 bits per heavy atom. The zero-order valence-corrected chi connectivity index (χ0v) is 17.2. The number of non-ortho nitro benzene ring substituents is 1. The molecule has 0 aliphatic carbocycles. The molecule has 0 bridgehead atoms. The average Bonchev–Trinajstić information content (AvgIpc) is 2.69. The summed E-state index contributed by atoms with van der Waals surface area (Å²) in [5.74, 6) is -0.113. The number of halogens is 1. The molecule has 2 aromatic carbocycles. The van der Waals surface area contributed by atoms with Gasteiger partial charge in [0.15, 0.2) is 6.61 Å². The van der Waals surface area contributed by atoms with Crippen molar-refractivity contribution in [2.45, 2.75) is 13.8 Å². The van der Waals surface area contributed by atoms with Crippen LogP contribution in [0, 0.1) is 10.1 Å². The van der Waals surface area contributed by atoms with Crippen LogP contribution in [0.5, 0.6) is 5.75 Å². The third-order valence-corrected chi connectivity index (χ3v) is 4.53. The van der Waals surface area contributed by atoms with Crippen molar-refractivity contribution in [3.8, 4) is 5.75 Å². The lowest BCUT2D eigenvalue weighted by Crippen LogP contribution is -2.24. The quantitative estimate of drug-likeness (QED) is 0.358. The number of hydrogen-bond donors (Lipinski definition) is 1. The van der Waals surface area contributed by atoms with Gasteiger partial charge in [-0.2, -0.15) is 5.10 Å². The summed E-state index contributed by atoms with van der Waals surface area (Å²) in [4.78, 5) is 24.3. The molecule has 0 aromatic heterocycles. The van der Waals surface area contributed by atoms with Gasteiger partial charge in [-0.1, -0.05) is 12.1 Å². The molecule has 0 aliphatic rings. The maximum Gasteiger partial charge on any atom is 0.277 e. The summed E-state index contributed by atoms with van der Waals surface area (Å²) in [6, 6.07) is 11.9. The topological polar surface area (TPSA) is 97.1 Å². The Bertz CT molecular complexity index is 852. The van der Waals surface area contributed by atoms with E-state index in [2.05, 4.69) is 45.2 Å². The van der Waals surface area contributed by atoms with E-state index >= 15 is 0 Å². The first-order valence-corrected chi connectivity index (χ1v) is 9.47. The molecule has 2 rings (SSSR count). The van der Waals surface area contributed by atoms with Gasteiger partial charge >= 0.3 is 0 Å². The highest BCUT2D eigenvalue weighted by atomic mass is 79.9. The van der Waals surface area contributed by atoms with Crippen LogP contribution in [0.2, 0.25) is 0 Å². The summed E-state index contributed by atoms with van der Waals surface area (Å²) < 4.78 is 5.74. The lowest BCUT2D eigenvalue weighted by Gasteiger charge is -2.20. The standard InChI is InChI=1S/C19H21BrN4O4/c1-3-23(4-2)15-7-5-14(6-8-15)12-21-22-19(25)13-28-18-10-9-16(24(26)27)11-17(18)20/h5-12H,3-4,13H2,1-2H3,(H,22,25)/b21-12-. The predicted octanol–water partition coefficient (Wildman–Crippen LogP) is 3.73. The second-order valence-corrected chi connectivity index (χ2v) is 6.57. The predicted molar refractivity (Wildman–Crippen MR) is 112 cm³/mol. The number of nitrogens with one attached hydrogen (secondary N) is 1. The fourth-order valence-corrected chi connectivity index (χ4v) is 2.92. The first kappa shape index (κ1) is 21.4. The smallest absolute Gasteiger partial charge is 0.277 e. The van der Waals surface area contributed by atoms with Gasteiger partial charge in [-0.25, -0.2) is 5.43 Å². The van der Waals surface area contributed by atoms with Crippen molar-refractivity contribution in [3.63, 3.8) is 0 Å². The van der Waals surface area contributed by atoms with Crippen LogP contribution >= 0.6 is 15.9 Å². The van der Waals surface area contributed by atoms with Gasteiger partial charge in [0.05, 0.1) is 15.6 Å². The number of nitrogens with zero attached hydrogens (tertiary/aromatic N) is 3. The summed E-state index contributed by atoms with van der Waals surface area (Å²) >= 11 is 3.18. The van der Waals surface area contributed by atoms with Crippen LogP contribution in [-0.4, -0.2) is 36.7 Å². The number of nitro benzene ring substituents is 1. The molecule has 8 nitrogen and oxygen atoms in total. The number of nitro groups is 1. The minimum absolute atomic E-state index is 0.0692. The summed E-state index contributed by atoms with van der Waals surface area (Å²) in [6.45, 7) is 5.81. The Balaban J connectivity index is 1.84. The molecule has 28 heavy (non-hydrogen) atoms. The number of hydrazone groups is 1. The molecular formula is C19H21BrN4O4. The fourth-order valence-electron chi connectivity index (χ4n) is 2.43. The number of rotatable bonds is 9. The maximum atomic E-state index is 11.8. The third kappa shape index (κ3) is 6.05. The van der Waals surface area contributed by atoms with E-state index in [9.17, 15) is 14.9 Å². The molecule has 0 heterocycles. The lowest BCUT2D eigenvalue weighted by atomic mass is 10.2. The van der Waals surface area contributed by atoms with Gasteiger partial charge in [-0.15, -0.1) is 0 Å².